The minimum Gasteiger partial charge on any atom is -0.123 e. The number of hydrogen-bond acceptors (Lipinski definition) is 2. The molecule has 2 aliphatic rings. The maximum atomic E-state index is 10.7. The molecule has 0 spiro atoms. The smallest absolute Gasteiger partial charge is 0.123 e. The van der Waals surface area contributed by atoms with Gasteiger partial charge in [0.25, 0.3) is 0 Å². The van der Waals surface area contributed by atoms with Crippen LogP contribution in [0.4, 0.5) is 0 Å². The van der Waals surface area contributed by atoms with Gasteiger partial charge in [0.1, 0.15) is 5.60 Å². The molecule has 0 aromatic rings. The second-order valence-electron chi connectivity index (χ2n) is 3.71. The van der Waals surface area contributed by atoms with Crippen LogP contribution in [0.5, 0.6) is 0 Å². The number of hydrogen-bond donors (Lipinski definition) is 1. The van der Waals surface area contributed by atoms with Crippen molar-refractivity contribution in [2.24, 2.45) is 11.4 Å². The Balaban J connectivity index is 2.05. The summed E-state index contributed by atoms with van der Waals surface area (Å²) in [5, 5.41) is 0. The van der Waals surface area contributed by atoms with Gasteiger partial charge in [-0.1, -0.05) is 5.50 Å². The monoisotopic (exact) mass is 174 g/mol. The lowest BCUT2D eigenvalue weighted by molar-refractivity contribution is 0.0908. The number of fused-ring (bicyclic) bond motifs is 2. The fourth-order valence-corrected chi connectivity index (χ4v) is 3.10. The van der Waals surface area contributed by atoms with Gasteiger partial charge in [-0.25, -0.2) is 0 Å². The molecule has 1 atom stereocenters. The normalized spacial score (nSPS) is 43.0. The van der Waals surface area contributed by atoms with E-state index >= 15 is 0 Å². The molecule has 62 valence electrons. The Labute approximate surface area is 67.2 Å². The van der Waals surface area contributed by atoms with Crippen LogP contribution in [0.3, 0.4) is 0 Å². The van der Waals surface area contributed by atoms with E-state index < -0.39 is 8.18 Å². The molecule has 2 fully saturated rings. The van der Waals surface area contributed by atoms with Crippen molar-refractivity contribution in [3.63, 3.8) is 0 Å². The van der Waals surface area contributed by atoms with Gasteiger partial charge < -0.3 is 0 Å². The molecule has 11 heavy (non-hydrogen) atoms. The first-order chi connectivity index (χ1) is 5.20. The predicted molar refractivity (Wildman–Crippen MR) is 42.2 cm³/mol. The van der Waals surface area contributed by atoms with Crippen molar-refractivity contribution in [3.8, 4) is 0 Å². The third kappa shape index (κ3) is 1.33. The van der Waals surface area contributed by atoms with Crippen molar-refractivity contribution in [2.45, 2.75) is 37.7 Å². The zero-order chi connectivity index (χ0) is 7.90. The quantitative estimate of drug-likeness (QED) is 0.651. The Morgan fingerprint density at radius 1 is 1.45 bits per heavy atom. The van der Waals surface area contributed by atoms with Gasteiger partial charge in [0.2, 0.25) is 0 Å². The fraction of sp³-hybridized carbons (Fsp3) is 1.00. The van der Waals surface area contributed by atoms with Gasteiger partial charge in [-0.2, -0.15) is 0 Å². The molecule has 0 aromatic heterocycles. The first kappa shape index (κ1) is 7.66. The average Bonchev–Trinajstić information content (AvgIpc) is 2.43. The van der Waals surface area contributed by atoms with Crippen LogP contribution >= 0.6 is 8.18 Å². The Hall–Kier alpha value is 0.0200. The Morgan fingerprint density at radius 3 is 2.45 bits per heavy atom. The molecule has 2 bridgehead atoms. The summed E-state index contributed by atoms with van der Waals surface area (Å²) < 4.78 is 16.0. The maximum absolute atomic E-state index is 10.7. The minimum atomic E-state index is -1.89. The van der Waals surface area contributed by atoms with Crippen LogP contribution in [0, 0.1) is 5.92 Å². The minimum absolute atomic E-state index is 0.0765. The van der Waals surface area contributed by atoms with Gasteiger partial charge in [0, 0.05) is 0 Å². The molecular weight excluding hydrogens is 161 g/mol. The van der Waals surface area contributed by atoms with E-state index in [4.69, 9.17) is 10.0 Å². The van der Waals surface area contributed by atoms with Crippen LogP contribution in [-0.4, -0.2) is 5.60 Å². The molecule has 2 N–H and O–H groups in total. The van der Waals surface area contributed by atoms with Gasteiger partial charge >= 0.3 is 8.18 Å². The first-order valence-corrected chi connectivity index (χ1v) is 5.36. The van der Waals surface area contributed by atoms with Crippen molar-refractivity contribution in [2.75, 3.05) is 0 Å². The average molecular weight is 174 g/mol. The van der Waals surface area contributed by atoms with Crippen molar-refractivity contribution in [1.82, 2.24) is 0 Å². The topological polar surface area (TPSA) is 52.3 Å². The molecule has 4 heteroatoms. The third-order valence-electron chi connectivity index (χ3n) is 2.96. The molecule has 2 rings (SSSR count). The molecule has 3 nitrogen and oxygen atoms in total. The predicted octanol–water partition coefficient (Wildman–Crippen LogP) is 1.95. The lowest BCUT2D eigenvalue weighted by Crippen LogP contribution is -2.24. The lowest BCUT2D eigenvalue weighted by Gasteiger charge is -2.18. The van der Waals surface area contributed by atoms with E-state index in [0.29, 0.717) is 0 Å². The van der Waals surface area contributed by atoms with E-state index in [-0.39, 0.29) is 5.60 Å². The second-order valence-corrected chi connectivity index (χ2v) is 4.46. The number of rotatable bonds is 2. The molecule has 2 aliphatic carbocycles. The highest BCUT2D eigenvalue weighted by atomic mass is 31.1. The molecular formula is C7H13NO2P+. The lowest BCUT2D eigenvalue weighted by atomic mass is 9.98. The maximum Gasteiger partial charge on any atom is 0.610 e. The summed E-state index contributed by atoms with van der Waals surface area (Å²) in [5.74, 6) is 0.824. The van der Waals surface area contributed by atoms with E-state index in [1.165, 1.54) is 12.8 Å². The largest absolute Gasteiger partial charge is 0.610 e. The molecule has 0 aromatic carbocycles. The van der Waals surface area contributed by atoms with Gasteiger partial charge in [-0.3, -0.25) is 0 Å². The van der Waals surface area contributed by atoms with Crippen LogP contribution in [0.15, 0.2) is 0 Å². The van der Waals surface area contributed by atoms with Gasteiger partial charge in [-0.05, 0) is 42.6 Å². The summed E-state index contributed by atoms with van der Waals surface area (Å²) in [5.41, 5.74) is 5.06. The highest BCUT2D eigenvalue weighted by Crippen LogP contribution is 2.52. The van der Waals surface area contributed by atoms with Crippen molar-refractivity contribution < 1.29 is 9.09 Å². The fourth-order valence-electron chi connectivity index (χ4n) is 2.46. The van der Waals surface area contributed by atoms with E-state index in [9.17, 15) is 4.57 Å². The molecule has 2 saturated carbocycles. The molecule has 0 amide bonds. The summed E-state index contributed by atoms with van der Waals surface area (Å²) in [7, 11) is -1.89. The van der Waals surface area contributed by atoms with Crippen molar-refractivity contribution in [3.05, 3.63) is 0 Å². The van der Waals surface area contributed by atoms with Crippen molar-refractivity contribution in [1.29, 1.82) is 0 Å². The SMILES string of the molecule is N[P+](=O)OC12CCC(CC1)C2. The Bertz CT molecular complexity index is 187. The third-order valence-corrected chi connectivity index (χ3v) is 3.53. The van der Waals surface area contributed by atoms with Crippen LogP contribution < -0.4 is 5.50 Å². The zero-order valence-corrected chi connectivity index (χ0v) is 7.35. The van der Waals surface area contributed by atoms with E-state index in [2.05, 4.69) is 0 Å². The van der Waals surface area contributed by atoms with Crippen LogP contribution in [0.25, 0.3) is 0 Å². The standard InChI is InChI=1S/C7H13NO2P/c8-11(9)10-7-3-1-6(5-7)2-4-7/h6H,1-5H2,(H2,8,9)/q+1. The Morgan fingerprint density at radius 2 is 2.09 bits per heavy atom. The number of nitrogens with two attached hydrogens (primary N) is 1. The van der Waals surface area contributed by atoms with Crippen LogP contribution in [0.1, 0.15) is 32.1 Å². The highest BCUT2D eigenvalue weighted by molar-refractivity contribution is 7.36. The van der Waals surface area contributed by atoms with Crippen molar-refractivity contribution >= 4 is 8.18 Å². The summed E-state index contributed by atoms with van der Waals surface area (Å²) in [6, 6.07) is 0. The molecule has 0 radical (unpaired) electrons. The summed E-state index contributed by atoms with van der Waals surface area (Å²) in [6.07, 6.45) is 5.70. The second kappa shape index (κ2) is 2.51. The Kier molecular flexibility index (Phi) is 1.75. The van der Waals surface area contributed by atoms with E-state index in [1.54, 1.807) is 0 Å². The van der Waals surface area contributed by atoms with Crippen LogP contribution in [-0.2, 0) is 9.09 Å². The molecule has 0 saturated heterocycles. The van der Waals surface area contributed by atoms with E-state index in [1.807, 2.05) is 0 Å². The summed E-state index contributed by atoms with van der Waals surface area (Å²) in [6.45, 7) is 0. The molecule has 1 unspecified atom stereocenters. The molecule has 0 heterocycles. The van der Waals surface area contributed by atoms with Gasteiger partial charge in [0.05, 0.1) is 0 Å². The van der Waals surface area contributed by atoms with Crippen LogP contribution in [0.2, 0.25) is 0 Å². The van der Waals surface area contributed by atoms with E-state index in [0.717, 1.165) is 25.2 Å². The first-order valence-electron chi connectivity index (χ1n) is 4.11. The highest BCUT2D eigenvalue weighted by Gasteiger charge is 2.50. The molecule has 0 aliphatic heterocycles. The summed E-state index contributed by atoms with van der Waals surface area (Å²) >= 11 is 0. The summed E-state index contributed by atoms with van der Waals surface area (Å²) in [4.78, 5) is 0. The zero-order valence-electron chi connectivity index (χ0n) is 6.45. The van der Waals surface area contributed by atoms with Gasteiger partial charge in [-0.15, -0.1) is 4.52 Å². The van der Waals surface area contributed by atoms with Gasteiger partial charge in [0.15, 0.2) is 0 Å².